The van der Waals surface area contributed by atoms with Gasteiger partial charge in [-0.25, -0.2) is 8.42 Å². The molecule has 0 aromatic heterocycles. The van der Waals surface area contributed by atoms with Crippen LogP contribution in [0.2, 0.25) is 5.02 Å². The molecule has 0 saturated carbocycles. The van der Waals surface area contributed by atoms with Crippen molar-refractivity contribution >= 4 is 21.6 Å². The molecule has 0 atom stereocenters. The van der Waals surface area contributed by atoms with Crippen LogP contribution in [0.25, 0.3) is 0 Å². The summed E-state index contributed by atoms with van der Waals surface area (Å²) in [5.74, 6) is 0.859. The van der Waals surface area contributed by atoms with E-state index in [1.807, 2.05) is 18.2 Å². The molecule has 0 N–H and O–H groups in total. The molecular formula is C19H23ClN2O3S. The fourth-order valence-corrected chi connectivity index (χ4v) is 5.02. The van der Waals surface area contributed by atoms with Crippen LogP contribution in [0.4, 0.5) is 0 Å². The minimum absolute atomic E-state index is 0.187. The Bertz CT molecular complexity index is 849. The molecule has 5 nitrogen and oxygen atoms in total. The Morgan fingerprint density at radius 2 is 1.77 bits per heavy atom. The first-order valence-electron chi connectivity index (χ1n) is 8.60. The number of sulfonamides is 1. The van der Waals surface area contributed by atoms with Crippen molar-refractivity contribution in [2.24, 2.45) is 0 Å². The Labute approximate surface area is 160 Å². The first-order chi connectivity index (χ1) is 12.5. The number of hydrogen-bond donors (Lipinski definition) is 0. The van der Waals surface area contributed by atoms with Crippen molar-refractivity contribution in [2.45, 2.75) is 11.3 Å². The van der Waals surface area contributed by atoms with Crippen molar-refractivity contribution < 1.29 is 13.2 Å². The van der Waals surface area contributed by atoms with Gasteiger partial charge >= 0.3 is 0 Å². The van der Waals surface area contributed by atoms with Gasteiger partial charge in [0.25, 0.3) is 0 Å². The summed E-state index contributed by atoms with van der Waals surface area (Å²) in [6.07, 6.45) is 0.911. The van der Waals surface area contributed by atoms with E-state index >= 15 is 0 Å². The molecule has 7 heteroatoms. The van der Waals surface area contributed by atoms with Crippen molar-refractivity contribution in [2.75, 3.05) is 39.8 Å². The molecule has 0 spiro atoms. The summed E-state index contributed by atoms with van der Waals surface area (Å²) in [4.78, 5) is 2.48. The van der Waals surface area contributed by atoms with Crippen LogP contribution in [-0.2, 0) is 16.4 Å². The molecule has 1 heterocycles. The fourth-order valence-electron chi connectivity index (χ4n) is 3.10. The number of ether oxygens (including phenoxy) is 1. The van der Waals surface area contributed by atoms with Crippen LogP contribution < -0.4 is 4.74 Å². The van der Waals surface area contributed by atoms with Crippen molar-refractivity contribution in [3.8, 4) is 5.75 Å². The molecule has 3 rings (SSSR count). The van der Waals surface area contributed by atoms with Crippen LogP contribution in [0.1, 0.15) is 5.56 Å². The standard InChI is InChI=1S/C19H23ClN2O3S/c1-25-17-6-4-5-16(15-17)9-10-21-11-13-22(14-12-21)26(23,24)19-8-3-2-7-18(19)20/h2-8,15H,9-14H2,1H3. The molecule has 1 aliphatic rings. The quantitative estimate of drug-likeness (QED) is 0.755. The van der Waals surface area contributed by atoms with Gasteiger partial charge in [0.05, 0.1) is 12.1 Å². The zero-order valence-electron chi connectivity index (χ0n) is 14.8. The Kier molecular flexibility index (Phi) is 6.19. The van der Waals surface area contributed by atoms with Crippen LogP contribution in [-0.4, -0.2) is 57.5 Å². The lowest BCUT2D eigenvalue weighted by Crippen LogP contribution is -2.49. The van der Waals surface area contributed by atoms with Crippen LogP contribution in [0.5, 0.6) is 5.75 Å². The lowest BCUT2D eigenvalue weighted by molar-refractivity contribution is 0.190. The first kappa shape index (κ1) is 19.2. The molecule has 140 valence electrons. The number of rotatable bonds is 6. The third kappa shape index (κ3) is 4.38. The highest BCUT2D eigenvalue weighted by Gasteiger charge is 2.29. The van der Waals surface area contributed by atoms with E-state index in [0.717, 1.165) is 18.7 Å². The normalized spacial score (nSPS) is 16.5. The third-order valence-corrected chi connectivity index (χ3v) is 7.04. The van der Waals surface area contributed by atoms with Crippen LogP contribution in [0.15, 0.2) is 53.4 Å². The highest BCUT2D eigenvalue weighted by atomic mass is 35.5. The van der Waals surface area contributed by atoms with E-state index in [2.05, 4.69) is 11.0 Å². The van der Waals surface area contributed by atoms with Gasteiger partial charge in [0.15, 0.2) is 0 Å². The van der Waals surface area contributed by atoms with Crippen molar-refractivity contribution in [3.05, 3.63) is 59.1 Å². The van der Waals surface area contributed by atoms with Crippen LogP contribution >= 0.6 is 11.6 Å². The molecule has 0 amide bonds. The number of benzene rings is 2. The molecule has 26 heavy (non-hydrogen) atoms. The minimum atomic E-state index is -3.53. The molecule has 0 bridgehead atoms. The van der Waals surface area contributed by atoms with Gasteiger partial charge < -0.3 is 9.64 Å². The van der Waals surface area contributed by atoms with E-state index in [-0.39, 0.29) is 9.92 Å². The van der Waals surface area contributed by atoms with Gasteiger partial charge in [-0.1, -0.05) is 35.9 Å². The molecule has 0 aliphatic carbocycles. The summed E-state index contributed by atoms with van der Waals surface area (Å²) < 4.78 is 32.3. The van der Waals surface area contributed by atoms with E-state index in [4.69, 9.17) is 16.3 Å². The molecular weight excluding hydrogens is 372 g/mol. The van der Waals surface area contributed by atoms with Gasteiger partial charge in [-0.2, -0.15) is 4.31 Å². The van der Waals surface area contributed by atoms with Crippen molar-refractivity contribution in [1.29, 1.82) is 0 Å². The van der Waals surface area contributed by atoms with Gasteiger partial charge in [0, 0.05) is 32.7 Å². The first-order valence-corrected chi connectivity index (χ1v) is 10.4. The number of piperazine rings is 1. The number of methoxy groups -OCH3 is 1. The predicted molar refractivity (Wildman–Crippen MR) is 103 cm³/mol. The SMILES string of the molecule is COc1cccc(CCN2CCN(S(=O)(=O)c3ccccc3Cl)CC2)c1. The summed E-state index contributed by atoms with van der Waals surface area (Å²) in [5.41, 5.74) is 1.22. The maximum absolute atomic E-state index is 12.8. The number of nitrogens with zero attached hydrogens (tertiary/aromatic N) is 2. The Morgan fingerprint density at radius 3 is 2.46 bits per heavy atom. The second-order valence-corrected chi connectivity index (χ2v) is 8.59. The summed E-state index contributed by atoms with van der Waals surface area (Å²) in [6, 6.07) is 14.6. The number of halogens is 1. The van der Waals surface area contributed by atoms with Gasteiger partial charge in [0.1, 0.15) is 10.6 Å². The number of hydrogen-bond acceptors (Lipinski definition) is 4. The maximum Gasteiger partial charge on any atom is 0.244 e. The molecule has 1 saturated heterocycles. The zero-order chi connectivity index (χ0) is 18.6. The summed E-state index contributed by atoms with van der Waals surface area (Å²) in [7, 11) is -1.87. The summed E-state index contributed by atoms with van der Waals surface area (Å²) >= 11 is 6.07. The lowest BCUT2D eigenvalue weighted by atomic mass is 10.1. The fraction of sp³-hybridized carbons (Fsp3) is 0.368. The Balaban J connectivity index is 1.56. The summed E-state index contributed by atoms with van der Waals surface area (Å²) in [6.45, 7) is 3.28. The molecule has 1 fully saturated rings. The van der Waals surface area contributed by atoms with E-state index in [1.54, 1.807) is 31.4 Å². The zero-order valence-corrected chi connectivity index (χ0v) is 16.3. The average Bonchev–Trinajstić information content (AvgIpc) is 2.67. The second-order valence-electron chi connectivity index (χ2n) is 6.28. The lowest BCUT2D eigenvalue weighted by Gasteiger charge is -2.34. The van der Waals surface area contributed by atoms with Gasteiger partial charge in [-0.3, -0.25) is 0 Å². The van der Waals surface area contributed by atoms with Gasteiger partial charge in [-0.05, 0) is 36.2 Å². The molecule has 2 aromatic carbocycles. The van der Waals surface area contributed by atoms with Gasteiger partial charge in [-0.15, -0.1) is 0 Å². The van der Waals surface area contributed by atoms with Crippen LogP contribution in [0.3, 0.4) is 0 Å². The molecule has 1 aliphatic heterocycles. The van der Waals surface area contributed by atoms with E-state index < -0.39 is 10.0 Å². The maximum atomic E-state index is 12.8. The molecule has 0 radical (unpaired) electrons. The van der Waals surface area contributed by atoms with Crippen molar-refractivity contribution in [3.63, 3.8) is 0 Å². The third-order valence-electron chi connectivity index (χ3n) is 4.64. The monoisotopic (exact) mass is 394 g/mol. The van der Waals surface area contributed by atoms with E-state index in [9.17, 15) is 8.42 Å². The Morgan fingerprint density at radius 1 is 1.04 bits per heavy atom. The topological polar surface area (TPSA) is 49.9 Å². The smallest absolute Gasteiger partial charge is 0.244 e. The largest absolute Gasteiger partial charge is 0.497 e. The summed E-state index contributed by atoms with van der Waals surface area (Å²) in [5, 5.41) is 0.271. The molecule has 2 aromatic rings. The van der Waals surface area contributed by atoms with E-state index in [0.29, 0.717) is 26.2 Å². The van der Waals surface area contributed by atoms with Crippen molar-refractivity contribution in [1.82, 2.24) is 9.21 Å². The van der Waals surface area contributed by atoms with Crippen LogP contribution in [0, 0.1) is 0 Å². The van der Waals surface area contributed by atoms with E-state index in [1.165, 1.54) is 9.87 Å². The highest BCUT2D eigenvalue weighted by molar-refractivity contribution is 7.89. The second kappa shape index (κ2) is 8.39. The predicted octanol–water partition coefficient (Wildman–Crippen LogP) is 2.90. The average molecular weight is 395 g/mol. The van der Waals surface area contributed by atoms with Gasteiger partial charge in [0.2, 0.25) is 10.0 Å². The minimum Gasteiger partial charge on any atom is -0.497 e. The molecule has 0 unspecified atom stereocenters. The Hall–Kier alpha value is -1.60. The highest BCUT2D eigenvalue weighted by Crippen LogP contribution is 2.25.